The van der Waals surface area contributed by atoms with Gasteiger partial charge in [0.2, 0.25) is 5.92 Å². The van der Waals surface area contributed by atoms with Crippen molar-refractivity contribution in [3.8, 4) is 0 Å². The van der Waals surface area contributed by atoms with E-state index in [-0.39, 0.29) is 25.0 Å². The van der Waals surface area contributed by atoms with Gasteiger partial charge in [-0.25, -0.2) is 8.78 Å². The third-order valence-electron chi connectivity index (χ3n) is 3.81. The monoisotopic (exact) mass is 252 g/mol. The van der Waals surface area contributed by atoms with E-state index in [1.54, 1.807) is 0 Å². The number of carbonyl (C=O) groups is 1. The van der Waals surface area contributed by atoms with Crippen LogP contribution in [0.5, 0.6) is 0 Å². The normalized spacial score (nSPS) is 22.1. The van der Waals surface area contributed by atoms with E-state index in [1.165, 1.54) is 5.56 Å². The number of Topliss-reactive ketones (excluding diaryl/α,β-unsaturated/α-hetero) is 1. The van der Waals surface area contributed by atoms with Crippen LogP contribution in [0, 0.1) is 19.8 Å². The van der Waals surface area contributed by atoms with E-state index in [0.29, 0.717) is 6.42 Å². The summed E-state index contributed by atoms with van der Waals surface area (Å²) in [5.74, 6) is -3.14. The van der Waals surface area contributed by atoms with E-state index < -0.39 is 11.8 Å². The Kier molecular flexibility index (Phi) is 3.51. The Morgan fingerprint density at radius 1 is 1.33 bits per heavy atom. The van der Waals surface area contributed by atoms with E-state index in [9.17, 15) is 13.6 Å². The summed E-state index contributed by atoms with van der Waals surface area (Å²) in [6.45, 7) is 4.01. The van der Waals surface area contributed by atoms with E-state index >= 15 is 0 Å². The first-order valence-electron chi connectivity index (χ1n) is 6.34. The highest BCUT2D eigenvalue weighted by Gasteiger charge is 2.42. The Balaban J connectivity index is 2.01. The first kappa shape index (κ1) is 13.2. The molecule has 0 N–H and O–H groups in total. The predicted molar refractivity (Wildman–Crippen MR) is 66.9 cm³/mol. The van der Waals surface area contributed by atoms with Crippen molar-refractivity contribution in [2.45, 2.75) is 45.5 Å². The molecule has 0 amide bonds. The first-order chi connectivity index (χ1) is 8.37. The molecule has 3 heteroatoms. The molecule has 1 fully saturated rings. The Morgan fingerprint density at radius 2 is 2.06 bits per heavy atom. The maximum Gasteiger partial charge on any atom is 0.248 e. The molecule has 18 heavy (non-hydrogen) atoms. The molecule has 1 aromatic carbocycles. The molecule has 1 nitrogen and oxygen atoms in total. The van der Waals surface area contributed by atoms with Gasteiger partial charge in [0.15, 0.2) is 0 Å². The SMILES string of the molecule is Cc1ccc(CC(=O)C2CCC(F)(F)C2)cc1C. The lowest BCUT2D eigenvalue weighted by molar-refractivity contribution is -0.123. The molecular formula is C15H18F2O. The second-order valence-corrected chi connectivity index (χ2v) is 5.36. The summed E-state index contributed by atoms with van der Waals surface area (Å²) in [7, 11) is 0. The molecule has 0 spiro atoms. The zero-order chi connectivity index (χ0) is 13.3. The van der Waals surface area contributed by atoms with Crippen LogP contribution in [-0.2, 0) is 11.2 Å². The van der Waals surface area contributed by atoms with Crippen LogP contribution in [0.15, 0.2) is 18.2 Å². The number of benzene rings is 1. The molecular weight excluding hydrogens is 234 g/mol. The van der Waals surface area contributed by atoms with Gasteiger partial charge in [-0.15, -0.1) is 0 Å². The average molecular weight is 252 g/mol. The molecule has 1 atom stereocenters. The van der Waals surface area contributed by atoms with Crippen LogP contribution < -0.4 is 0 Å². The van der Waals surface area contributed by atoms with Gasteiger partial charge in [-0.1, -0.05) is 18.2 Å². The quantitative estimate of drug-likeness (QED) is 0.798. The van der Waals surface area contributed by atoms with Gasteiger partial charge in [0.25, 0.3) is 0 Å². The Labute approximate surface area is 106 Å². The fraction of sp³-hybridized carbons (Fsp3) is 0.533. The lowest BCUT2D eigenvalue weighted by Gasteiger charge is -2.10. The van der Waals surface area contributed by atoms with Crippen molar-refractivity contribution in [3.63, 3.8) is 0 Å². The van der Waals surface area contributed by atoms with Gasteiger partial charge in [-0.3, -0.25) is 4.79 Å². The fourth-order valence-electron chi connectivity index (χ4n) is 2.48. The van der Waals surface area contributed by atoms with Crippen LogP contribution in [0.1, 0.15) is 36.0 Å². The van der Waals surface area contributed by atoms with Gasteiger partial charge in [0.1, 0.15) is 5.78 Å². The van der Waals surface area contributed by atoms with Crippen LogP contribution in [0.3, 0.4) is 0 Å². The van der Waals surface area contributed by atoms with E-state index in [2.05, 4.69) is 0 Å². The minimum atomic E-state index is -2.64. The fourth-order valence-corrected chi connectivity index (χ4v) is 2.48. The number of halogens is 2. The molecule has 98 valence electrons. The van der Waals surface area contributed by atoms with Gasteiger partial charge in [-0.05, 0) is 37.0 Å². The smallest absolute Gasteiger partial charge is 0.248 e. The molecule has 0 radical (unpaired) electrons. The summed E-state index contributed by atoms with van der Waals surface area (Å²) in [6.07, 6.45) is 0.200. The van der Waals surface area contributed by atoms with Gasteiger partial charge < -0.3 is 0 Å². The van der Waals surface area contributed by atoms with E-state index in [4.69, 9.17) is 0 Å². The number of alkyl halides is 2. The van der Waals surface area contributed by atoms with Crippen LogP contribution in [0.2, 0.25) is 0 Å². The molecule has 0 aromatic heterocycles. The minimum Gasteiger partial charge on any atom is -0.299 e. The Morgan fingerprint density at radius 3 is 2.61 bits per heavy atom. The summed E-state index contributed by atoms with van der Waals surface area (Å²) in [5.41, 5.74) is 3.24. The van der Waals surface area contributed by atoms with Gasteiger partial charge in [0.05, 0.1) is 0 Å². The average Bonchev–Trinajstić information content (AvgIpc) is 2.64. The topological polar surface area (TPSA) is 17.1 Å². The molecule has 0 aliphatic heterocycles. The molecule has 0 saturated heterocycles. The predicted octanol–water partition coefficient (Wildman–Crippen LogP) is 3.85. The lowest BCUT2D eigenvalue weighted by Crippen LogP contribution is -2.17. The molecule has 1 saturated carbocycles. The molecule has 1 unspecified atom stereocenters. The van der Waals surface area contributed by atoms with Gasteiger partial charge in [-0.2, -0.15) is 0 Å². The highest BCUT2D eigenvalue weighted by molar-refractivity contribution is 5.83. The van der Waals surface area contributed by atoms with Crippen molar-refractivity contribution in [1.29, 1.82) is 0 Å². The Bertz CT molecular complexity index is 466. The lowest BCUT2D eigenvalue weighted by atomic mass is 9.95. The van der Waals surface area contributed by atoms with Crippen molar-refractivity contribution < 1.29 is 13.6 Å². The zero-order valence-corrected chi connectivity index (χ0v) is 10.8. The van der Waals surface area contributed by atoms with Gasteiger partial charge >= 0.3 is 0 Å². The third kappa shape index (κ3) is 2.95. The zero-order valence-electron chi connectivity index (χ0n) is 10.8. The number of hydrogen-bond donors (Lipinski definition) is 0. The highest BCUT2D eigenvalue weighted by atomic mass is 19.3. The number of ketones is 1. The van der Waals surface area contributed by atoms with Crippen LogP contribution in [0.4, 0.5) is 8.78 Å². The summed E-state index contributed by atoms with van der Waals surface area (Å²) >= 11 is 0. The van der Waals surface area contributed by atoms with Crippen LogP contribution in [0.25, 0.3) is 0 Å². The summed E-state index contributed by atoms with van der Waals surface area (Å²) in [4.78, 5) is 12.0. The molecule has 1 aromatic rings. The minimum absolute atomic E-state index is 0.0459. The number of carbonyl (C=O) groups excluding carboxylic acids is 1. The van der Waals surface area contributed by atoms with Crippen molar-refractivity contribution in [3.05, 3.63) is 34.9 Å². The molecule has 1 aliphatic rings. The van der Waals surface area contributed by atoms with Crippen molar-refractivity contribution >= 4 is 5.78 Å². The van der Waals surface area contributed by atoms with E-state index in [0.717, 1.165) is 11.1 Å². The summed E-state index contributed by atoms with van der Waals surface area (Å²) in [5, 5.41) is 0. The van der Waals surface area contributed by atoms with Crippen LogP contribution in [-0.4, -0.2) is 11.7 Å². The van der Waals surface area contributed by atoms with Crippen molar-refractivity contribution in [2.75, 3.05) is 0 Å². The first-order valence-corrected chi connectivity index (χ1v) is 6.34. The second-order valence-electron chi connectivity index (χ2n) is 5.36. The van der Waals surface area contributed by atoms with Crippen molar-refractivity contribution in [1.82, 2.24) is 0 Å². The largest absolute Gasteiger partial charge is 0.299 e. The summed E-state index contributed by atoms with van der Waals surface area (Å²) < 4.78 is 26.1. The van der Waals surface area contributed by atoms with E-state index in [1.807, 2.05) is 32.0 Å². The van der Waals surface area contributed by atoms with Gasteiger partial charge in [0, 0.05) is 25.2 Å². The maximum absolute atomic E-state index is 13.1. The second kappa shape index (κ2) is 4.79. The summed E-state index contributed by atoms with van der Waals surface area (Å²) in [6, 6.07) is 5.86. The molecule has 1 aliphatic carbocycles. The number of aryl methyl sites for hydroxylation is 2. The Hall–Kier alpha value is -1.25. The van der Waals surface area contributed by atoms with Crippen molar-refractivity contribution in [2.24, 2.45) is 5.92 Å². The standard InChI is InChI=1S/C15H18F2O/c1-10-3-4-12(7-11(10)2)8-14(18)13-5-6-15(16,17)9-13/h3-4,7,13H,5-6,8-9H2,1-2H3. The highest BCUT2D eigenvalue weighted by Crippen LogP contribution is 2.39. The molecule has 0 bridgehead atoms. The molecule has 2 rings (SSSR count). The number of rotatable bonds is 3. The third-order valence-corrected chi connectivity index (χ3v) is 3.81. The molecule has 0 heterocycles. The van der Waals surface area contributed by atoms with Crippen LogP contribution >= 0.6 is 0 Å². The number of hydrogen-bond acceptors (Lipinski definition) is 1. The maximum atomic E-state index is 13.1.